The van der Waals surface area contributed by atoms with Crippen LogP contribution in [0.5, 0.6) is 0 Å². The summed E-state index contributed by atoms with van der Waals surface area (Å²) in [7, 11) is 0. The van der Waals surface area contributed by atoms with Crippen molar-refractivity contribution < 1.29 is 23.1 Å². The van der Waals surface area contributed by atoms with Gasteiger partial charge in [-0.15, -0.1) is 0 Å². The number of carboxylic acid groups (broad SMARTS) is 1. The molecule has 0 aliphatic heterocycles. The van der Waals surface area contributed by atoms with Gasteiger partial charge in [0.05, 0.1) is 5.92 Å². The molecule has 0 saturated heterocycles. The summed E-state index contributed by atoms with van der Waals surface area (Å²) in [5.41, 5.74) is 5.10. The highest BCUT2D eigenvalue weighted by Crippen LogP contribution is 2.51. The highest BCUT2D eigenvalue weighted by molar-refractivity contribution is 5.73. The Hall–Kier alpha value is -0.780. The van der Waals surface area contributed by atoms with Gasteiger partial charge in [0.25, 0.3) is 0 Å². The van der Waals surface area contributed by atoms with Gasteiger partial charge in [-0.3, -0.25) is 4.79 Å². The van der Waals surface area contributed by atoms with Crippen LogP contribution in [0.15, 0.2) is 0 Å². The fraction of sp³-hybridized carbons (Fsp3) is 0.857. The number of carbonyl (C=O) groups is 1. The van der Waals surface area contributed by atoms with Crippen LogP contribution in [0.1, 0.15) is 12.8 Å². The summed E-state index contributed by atoms with van der Waals surface area (Å²) in [5.74, 6) is -3.17. The molecule has 1 saturated carbocycles. The van der Waals surface area contributed by atoms with Gasteiger partial charge < -0.3 is 10.8 Å². The zero-order valence-electron chi connectivity index (χ0n) is 6.71. The van der Waals surface area contributed by atoms with Crippen LogP contribution in [-0.2, 0) is 4.79 Å². The van der Waals surface area contributed by atoms with Crippen LogP contribution in [0.2, 0.25) is 0 Å². The zero-order chi connectivity index (χ0) is 10.2. The minimum atomic E-state index is -4.19. The van der Waals surface area contributed by atoms with Crippen LogP contribution < -0.4 is 5.73 Å². The molecule has 0 heterocycles. The molecule has 0 aromatic heterocycles. The first-order chi connectivity index (χ1) is 5.82. The normalized spacial score (nSPS) is 29.8. The fourth-order valence-corrected chi connectivity index (χ4v) is 1.34. The Labute approximate surface area is 72.7 Å². The van der Waals surface area contributed by atoms with Gasteiger partial charge in [0.15, 0.2) is 0 Å². The molecule has 0 bridgehead atoms. The third-order valence-corrected chi connectivity index (χ3v) is 2.22. The maximum Gasteiger partial charge on any atom is 0.392 e. The number of alkyl halides is 3. The molecule has 1 rings (SSSR count). The molecule has 3 nitrogen and oxygen atoms in total. The average Bonchev–Trinajstić information content (AvgIpc) is 2.65. The Balaban J connectivity index is 2.33. The summed E-state index contributed by atoms with van der Waals surface area (Å²) < 4.78 is 35.9. The Morgan fingerprint density at radius 1 is 1.62 bits per heavy atom. The number of aliphatic carboxylic acids is 1. The molecule has 1 aliphatic carbocycles. The largest absolute Gasteiger partial charge is 0.480 e. The van der Waals surface area contributed by atoms with Gasteiger partial charge in [-0.05, 0) is 18.8 Å². The van der Waals surface area contributed by atoms with E-state index in [2.05, 4.69) is 0 Å². The van der Waals surface area contributed by atoms with Crippen LogP contribution >= 0.6 is 0 Å². The predicted octanol–water partition coefficient (Wildman–Crippen LogP) is 0.987. The van der Waals surface area contributed by atoms with E-state index in [0.29, 0.717) is 0 Å². The van der Waals surface area contributed by atoms with Crippen molar-refractivity contribution in [3.05, 3.63) is 0 Å². The minimum absolute atomic E-state index is 0.0183. The first-order valence-electron chi connectivity index (χ1n) is 3.87. The van der Waals surface area contributed by atoms with E-state index < -0.39 is 30.0 Å². The van der Waals surface area contributed by atoms with Crippen LogP contribution in [0.25, 0.3) is 0 Å². The van der Waals surface area contributed by atoms with E-state index in [9.17, 15) is 18.0 Å². The Morgan fingerprint density at radius 3 is 2.46 bits per heavy atom. The van der Waals surface area contributed by atoms with Crippen molar-refractivity contribution in [2.75, 3.05) is 0 Å². The van der Waals surface area contributed by atoms with Crippen LogP contribution in [0, 0.1) is 11.8 Å². The number of halogens is 3. The quantitative estimate of drug-likeness (QED) is 0.709. The van der Waals surface area contributed by atoms with Gasteiger partial charge in [0, 0.05) is 0 Å². The Kier molecular flexibility index (Phi) is 2.51. The first-order valence-corrected chi connectivity index (χ1v) is 3.87. The lowest BCUT2D eigenvalue weighted by Gasteiger charge is -2.07. The van der Waals surface area contributed by atoms with E-state index in [1.165, 1.54) is 0 Å². The zero-order valence-corrected chi connectivity index (χ0v) is 6.71. The molecule has 1 fully saturated rings. The summed E-state index contributed by atoms with van der Waals surface area (Å²) in [6.07, 6.45) is -4.26. The monoisotopic (exact) mass is 197 g/mol. The molecule has 13 heavy (non-hydrogen) atoms. The van der Waals surface area contributed by atoms with Crippen molar-refractivity contribution in [1.82, 2.24) is 0 Å². The van der Waals surface area contributed by atoms with E-state index in [4.69, 9.17) is 10.8 Å². The number of rotatable bonds is 3. The highest BCUT2D eigenvalue weighted by Gasteiger charge is 2.55. The molecule has 0 aromatic rings. The smallest absolute Gasteiger partial charge is 0.392 e. The lowest BCUT2D eigenvalue weighted by Crippen LogP contribution is -2.31. The van der Waals surface area contributed by atoms with Crippen molar-refractivity contribution in [3.8, 4) is 0 Å². The van der Waals surface area contributed by atoms with Crippen molar-refractivity contribution in [2.24, 2.45) is 17.6 Å². The number of hydrogen-bond donors (Lipinski definition) is 2. The first kappa shape index (κ1) is 10.3. The van der Waals surface area contributed by atoms with Gasteiger partial charge in [0.1, 0.15) is 6.04 Å². The molecule has 0 radical (unpaired) electrons. The molecule has 3 N–H and O–H groups in total. The molecule has 3 atom stereocenters. The molecule has 6 heteroatoms. The van der Waals surface area contributed by atoms with Crippen molar-refractivity contribution >= 4 is 5.97 Å². The van der Waals surface area contributed by atoms with Gasteiger partial charge in [-0.2, -0.15) is 13.2 Å². The number of nitrogens with two attached hydrogens (primary N) is 1. The standard InChI is InChI=1S/C7H10F3NO2/c8-7(9,10)4-1-3(4)2-5(11)6(12)13/h3-5H,1-2,11H2,(H,12,13)/t3-,4-,5+/m0/s1. The summed E-state index contributed by atoms with van der Waals surface area (Å²) in [5, 5.41) is 8.34. The summed E-state index contributed by atoms with van der Waals surface area (Å²) >= 11 is 0. The van der Waals surface area contributed by atoms with Gasteiger partial charge >= 0.3 is 12.1 Å². The van der Waals surface area contributed by atoms with Crippen molar-refractivity contribution in [3.63, 3.8) is 0 Å². The second kappa shape index (κ2) is 3.17. The third-order valence-electron chi connectivity index (χ3n) is 2.22. The van der Waals surface area contributed by atoms with E-state index in [0.717, 1.165) is 0 Å². The summed E-state index contributed by atoms with van der Waals surface area (Å²) in [4.78, 5) is 10.2. The topological polar surface area (TPSA) is 63.3 Å². The maximum atomic E-state index is 12.0. The summed E-state index contributed by atoms with van der Waals surface area (Å²) in [6, 6.07) is -1.17. The number of carboxylic acids is 1. The van der Waals surface area contributed by atoms with Crippen LogP contribution in [-0.4, -0.2) is 23.3 Å². The van der Waals surface area contributed by atoms with Crippen LogP contribution in [0.3, 0.4) is 0 Å². The van der Waals surface area contributed by atoms with E-state index in [-0.39, 0.29) is 12.8 Å². The maximum absolute atomic E-state index is 12.0. The second-order valence-corrected chi connectivity index (χ2v) is 3.32. The molecule has 0 spiro atoms. The van der Waals surface area contributed by atoms with Crippen molar-refractivity contribution in [2.45, 2.75) is 25.1 Å². The fourth-order valence-electron chi connectivity index (χ4n) is 1.34. The predicted molar refractivity (Wildman–Crippen MR) is 37.9 cm³/mol. The molecular weight excluding hydrogens is 187 g/mol. The molecular formula is C7H10F3NO2. The summed E-state index contributed by atoms with van der Waals surface area (Å²) in [6.45, 7) is 0. The van der Waals surface area contributed by atoms with Gasteiger partial charge in [0.2, 0.25) is 0 Å². The number of hydrogen-bond acceptors (Lipinski definition) is 2. The SMILES string of the molecule is N[C@H](C[C@@H]1C[C@@H]1C(F)(F)F)C(=O)O. The lowest BCUT2D eigenvalue weighted by atomic mass is 10.1. The lowest BCUT2D eigenvalue weighted by molar-refractivity contribution is -0.152. The Bertz CT molecular complexity index is 216. The molecule has 1 aliphatic rings. The second-order valence-electron chi connectivity index (χ2n) is 3.32. The minimum Gasteiger partial charge on any atom is -0.480 e. The molecule has 0 aromatic carbocycles. The Morgan fingerprint density at radius 2 is 2.15 bits per heavy atom. The molecule has 0 unspecified atom stereocenters. The molecule has 0 amide bonds. The van der Waals surface area contributed by atoms with Crippen molar-refractivity contribution in [1.29, 1.82) is 0 Å². The third kappa shape index (κ3) is 2.58. The van der Waals surface area contributed by atoms with E-state index in [1.54, 1.807) is 0 Å². The highest BCUT2D eigenvalue weighted by atomic mass is 19.4. The van der Waals surface area contributed by atoms with Gasteiger partial charge in [-0.1, -0.05) is 0 Å². The van der Waals surface area contributed by atoms with Gasteiger partial charge in [-0.25, -0.2) is 0 Å². The van der Waals surface area contributed by atoms with E-state index in [1.807, 2.05) is 0 Å². The molecule has 76 valence electrons. The average molecular weight is 197 g/mol. The van der Waals surface area contributed by atoms with Crippen LogP contribution in [0.4, 0.5) is 13.2 Å². The van der Waals surface area contributed by atoms with E-state index >= 15 is 0 Å².